The van der Waals surface area contributed by atoms with Gasteiger partial charge in [-0.25, -0.2) is 13.2 Å². The van der Waals surface area contributed by atoms with E-state index in [4.69, 9.17) is 4.74 Å². The summed E-state index contributed by atoms with van der Waals surface area (Å²) in [5.74, 6) is -4.08. The number of hydrogen-bond donors (Lipinski definition) is 0. The first-order chi connectivity index (χ1) is 9.30. The molecule has 6 heteroatoms. The summed E-state index contributed by atoms with van der Waals surface area (Å²) in [7, 11) is 0. The predicted molar refractivity (Wildman–Crippen MR) is 67.7 cm³/mol. The van der Waals surface area contributed by atoms with E-state index in [1.54, 1.807) is 13.0 Å². The van der Waals surface area contributed by atoms with Gasteiger partial charge in [-0.3, -0.25) is 4.79 Å². The number of rotatable bonds is 8. The average Bonchev–Trinajstić information content (AvgIpc) is 2.31. The van der Waals surface area contributed by atoms with Crippen LogP contribution in [0, 0.1) is 12.7 Å². The minimum absolute atomic E-state index is 0.0592. The number of Topliss-reactive ketones (excluding diaryl/α,β-unsaturated/α-hetero) is 1. The Bertz CT molecular complexity index is 461. The largest absolute Gasteiger partial charge is 0.490 e. The van der Waals surface area contributed by atoms with Crippen LogP contribution in [-0.2, 0) is 9.53 Å². The molecule has 0 N–H and O–H groups in total. The molecular formula is C14H17F3O3. The molecule has 0 unspecified atom stereocenters. The maximum Gasteiger partial charge on any atom is 0.274 e. The number of carbonyl (C=O) groups is 1. The first-order valence-corrected chi connectivity index (χ1v) is 6.14. The molecule has 1 aromatic rings. The Morgan fingerprint density at radius 1 is 1.35 bits per heavy atom. The number of hydrogen-bond acceptors (Lipinski definition) is 3. The van der Waals surface area contributed by atoms with Crippen molar-refractivity contribution in [1.29, 1.82) is 0 Å². The highest BCUT2D eigenvalue weighted by molar-refractivity contribution is 5.76. The van der Waals surface area contributed by atoms with Crippen LogP contribution in [0.15, 0.2) is 18.2 Å². The number of ether oxygens (including phenoxy) is 2. The van der Waals surface area contributed by atoms with Crippen molar-refractivity contribution in [3.05, 3.63) is 29.6 Å². The zero-order chi connectivity index (χ0) is 15.2. The van der Waals surface area contributed by atoms with Crippen LogP contribution in [0.3, 0.4) is 0 Å². The van der Waals surface area contributed by atoms with Gasteiger partial charge in [0.15, 0.2) is 17.3 Å². The molecule has 0 saturated carbocycles. The minimum atomic E-state index is -3.11. The highest BCUT2D eigenvalue weighted by Gasteiger charge is 2.29. The van der Waals surface area contributed by atoms with E-state index in [9.17, 15) is 18.0 Å². The van der Waals surface area contributed by atoms with E-state index in [1.165, 1.54) is 19.1 Å². The lowest BCUT2D eigenvalue weighted by Crippen LogP contribution is -2.27. The van der Waals surface area contributed by atoms with Crippen molar-refractivity contribution in [2.45, 2.75) is 26.2 Å². The summed E-state index contributed by atoms with van der Waals surface area (Å²) in [4.78, 5) is 10.6. The summed E-state index contributed by atoms with van der Waals surface area (Å²) < 4.78 is 49.6. The maximum atomic E-state index is 13.4. The van der Waals surface area contributed by atoms with Crippen LogP contribution in [0.2, 0.25) is 0 Å². The second kappa shape index (κ2) is 7.28. The van der Waals surface area contributed by atoms with Crippen molar-refractivity contribution in [3.63, 3.8) is 0 Å². The first-order valence-electron chi connectivity index (χ1n) is 6.14. The molecule has 0 heterocycles. The van der Waals surface area contributed by atoms with Gasteiger partial charge in [0.05, 0.1) is 6.61 Å². The third-order valence-corrected chi connectivity index (χ3v) is 2.43. The fourth-order valence-electron chi connectivity index (χ4n) is 1.45. The van der Waals surface area contributed by atoms with Gasteiger partial charge in [-0.1, -0.05) is 6.07 Å². The van der Waals surface area contributed by atoms with Gasteiger partial charge in [-0.2, -0.15) is 0 Å². The van der Waals surface area contributed by atoms with Gasteiger partial charge in [0.25, 0.3) is 5.92 Å². The summed E-state index contributed by atoms with van der Waals surface area (Å²) in [6.07, 6.45) is -0.613. The molecule has 0 bridgehead atoms. The van der Waals surface area contributed by atoms with E-state index in [2.05, 4.69) is 4.74 Å². The minimum Gasteiger partial charge on any atom is -0.490 e. The molecule has 0 atom stereocenters. The van der Waals surface area contributed by atoms with Gasteiger partial charge in [-0.05, 0) is 31.5 Å². The molecule has 0 radical (unpaired) electrons. The number of benzene rings is 1. The van der Waals surface area contributed by atoms with Crippen molar-refractivity contribution in [2.24, 2.45) is 0 Å². The molecule has 20 heavy (non-hydrogen) atoms. The molecule has 0 aliphatic rings. The topological polar surface area (TPSA) is 35.5 Å². The lowest BCUT2D eigenvalue weighted by atomic mass is 10.2. The number of carbonyl (C=O) groups excluding carboxylic acids is 1. The second-order valence-electron chi connectivity index (χ2n) is 4.58. The number of halogens is 3. The maximum absolute atomic E-state index is 13.4. The number of aryl methyl sites for hydroxylation is 1. The molecule has 0 aliphatic carbocycles. The fourth-order valence-corrected chi connectivity index (χ4v) is 1.45. The Kier molecular flexibility index (Phi) is 6.01. The summed E-state index contributed by atoms with van der Waals surface area (Å²) in [5, 5.41) is 0. The Morgan fingerprint density at radius 2 is 2.05 bits per heavy atom. The molecular weight excluding hydrogens is 273 g/mol. The van der Waals surface area contributed by atoms with E-state index in [-0.39, 0.29) is 24.7 Å². The second-order valence-corrected chi connectivity index (χ2v) is 4.58. The monoisotopic (exact) mass is 290 g/mol. The Hall–Kier alpha value is -1.56. The fraction of sp³-hybridized carbons (Fsp3) is 0.500. The van der Waals surface area contributed by atoms with Crippen LogP contribution >= 0.6 is 0 Å². The summed E-state index contributed by atoms with van der Waals surface area (Å²) in [6.45, 7) is 1.43. The molecule has 1 aromatic carbocycles. The highest BCUT2D eigenvalue weighted by atomic mass is 19.3. The number of alkyl halides is 2. The molecule has 0 saturated heterocycles. The van der Waals surface area contributed by atoms with Crippen molar-refractivity contribution in [3.8, 4) is 5.75 Å². The van der Waals surface area contributed by atoms with Crippen molar-refractivity contribution >= 4 is 5.78 Å². The van der Waals surface area contributed by atoms with Crippen LogP contribution < -0.4 is 4.74 Å². The lowest BCUT2D eigenvalue weighted by molar-refractivity contribution is -0.128. The predicted octanol–water partition coefficient (Wildman–Crippen LogP) is 3.14. The smallest absolute Gasteiger partial charge is 0.274 e. The van der Waals surface area contributed by atoms with Crippen molar-refractivity contribution in [1.82, 2.24) is 0 Å². The van der Waals surface area contributed by atoms with Gasteiger partial charge in [0.2, 0.25) is 0 Å². The zero-order valence-corrected chi connectivity index (χ0v) is 11.4. The quantitative estimate of drug-likeness (QED) is 0.738. The lowest BCUT2D eigenvalue weighted by Gasteiger charge is -2.16. The third kappa shape index (κ3) is 6.06. The first kappa shape index (κ1) is 16.5. The van der Waals surface area contributed by atoms with Gasteiger partial charge >= 0.3 is 0 Å². The molecule has 0 aromatic heterocycles. The van der Waals surface area contributed by atoms with E-state index in [0.29, 0.717) is 0 Å². The van der Waals surface area contributed by atoms with E-state index >= 15 is 0 Å². The molecule has 112 valence electrons. The van der Waals surface area contributed by atoms with E-state index < -0.39 is 24.8 Å². The average molecular weight is 290 g/mol. The van der Waals surface area contributed by atoms with Gasteiger partial charge in [0, 0.05) is 6.42 Å². The van der Waals surface area contributed by atoms with Crippen LogP contribution in [0.5, 0.6) is 5.75 Å². The molecule has 0 aliphatic heterocycles. The summed E-state index contributed by atoms with van der Waals surface area (Å²) in [6, 6.07) is 4.30. The standard InChI is InChI=1S/C14H17F3O3/c1-10-3-4-13(12(15)7-10)20-6-5-14(16,17)9-19-8-11(2)18/h3-4,7H,5-6,8-9H2,1-2H3. The Labute approximate surface area is 115 Å². The van der Waals surface area contributed by atoms with Gasteiger partial charge in [-0.15, -0.1) is 0 Å². The number of ketones is 1. The third-order valence-electron chi connectivity index (χ3n) is 2.43. The molecule has 0 amide bonds. The normalized spacial score (nSPS) is 11.4. The molecule has 3 nitrogen and oxygen atoms in total. The molecule has 1 rings (SSSR count). The summed E-state index contributed by atoms with van der Waals surface area (Å²) in [5.41, 5.74) is 0.720. The molecule has 0 spiro atoms. The zero-order valence-electron chi connectivity index (χ0n) is 11.4. The highest BCUT2D eigenvalue weighted by Crippen LogP contribution is 2.22. The van der Waals surface area contributed by atoms with Crippen LogP contribution in [0.4, 0.5) is 13.2 Å². The molecule has 0 fully saturated rings. The van der Waals surface area contributed by atoms with E-state index in [0.717, 1.165) is 5.56 Å². The van der Waals surface area contributed by atoms with Crippen LogP contribution in [0.1, 0.15) is 18.9 Å². The van der Waals surface area contributed by atoms with Crippen LogP contribution in [-0.4, -0.2) is 31.5 Å². The van der Waals surface area contributed by atoms with Gasteiger partial charge < -0.3 is 9.47 Å². The Morgan fingerprint density at radius 3 is 2.65 bits per heavy atom. The Balaban J connectivity index is 2.36. The summed E-state index contributed by atoms with van der Waals surface area (Å²) >= 11 is 0. The van der Waals surface area contributed by atoms with Crippen molar-refractivity contribution in [2.75, 3.05) is 19.8 Å². The SMILES string of the molecule is CC(=O)COCC(F)(F)CCOc1ccc(C)cc1F. The van der Waals surface area contributed by atoms with Gasteiger partial charge in [0.1, 0.15) is 13.2 Å². The van der Waals surface area contributed by atoms with Crippen LogP contribution in [0.25, 0.3) is 0 Å². The van der Waals surface area contributed by atoms with E-state index in [1.807, 2.05) is 0 Å². The van der Waals surface area contributed by atoms with Crippen molar-refractivity contribution < 1.29 is 27.4 Å².